The molecule has 1 aliphatic heterocycles. The lowest BCUT2D eigenvalue weighted by molar-refractivity contribution is 0.219. The van der Waals surface area contributed by atoms with Gasteiger partial charge in [0.2, 0.25) is 0 Å². The molecule has 16 heavy (non-hydrogen) atoms. The standard InChI is InChI=1S/C12H15IN2O/c13-11-6-2-1-5-10(11)12(15-14)9-4-3-7-16-8-9/h1-2,5-6,8,12,15H,3-4,7,14H2. The molecule has 1 heterocycles. The van der Waals surface area contributed by atoms with Crippen LogP contribution in [-0.2, 0) is 4.74 Å². The van der Waals surface area contributed by atoms with Gasteiger partial charge in [0.15, 0.2) is 0 Å². The largest absolute Gasteiger partial charge is 0.501 e. The van der Waals surface area contributed by atoms with Crippen LogP contribution in [0.3, 0.4) is 0 Å². The molecule has 0 aromatic heterocycles. The Morgan fingerprint density at radius 3 is 2.81 bits per heavy atom. The molecule has 0 spiro atoms. The molecule has 1 aliphatic rings. The molecule has 1 aromatic carbocycles. The Kier molecular flexibility index (Phi) is 4.20. The van der Waals surface area contributed by atoms with E-state index in [0.29, 0.717) is 0 Å². The Hall–Kier alpha value is -0.590. The Labute approximate surface area is 109 Å². The lowest BCUT2D eigenvalue weighted by Gasteiger charge is -2.23. The van der Waals surface area contributed by atoms with Crippen LogP contribution in [0.2, 0.25) is 0 Å². The zero-order valence-electron chi connectivity index (χ0n) is 8.95. The van der Waals surface area contributed by atoms with Crippen LogP contribution >= 0.6 is 22.6 Å². The quantitative estimate of drug-likeness (QED) is 0.509. The van der Waals surface area contributed by atoms with Crippen LogP contribution in [0.15, 0.2) is 36.1 Å². The first kappa shape index (κ1) is 11.9. The first-order valence-electron chi connectivity index (χ1n) is 5.34. The van der Waals surface area contributed by atoms with E-state index in [1.54, 1.807) is 0 Å². The molecule has 0 aliphatic carbocycles. The van der Waals surface area contributed by atoms with Gasteiger partial charge in [-0.2, -0.15) is 0 Å². The number of hydrogen-bond donors (Lipinski definition) is 2. The number of hydrogen-bond acceptors (Lipinski definition) is 3. The molecule has 4 heteroatoms. The zero-order valence-corrected chi connectivity index (χ0v) is 11.1. The maximum absolute atomic E-state index is 5.65. The highest BCUT2D eigenvalue weighted by Crippen LogP contribution is 2.29. The van der Waals surface area contributed by atoms with E-state index in [4.69, 9.17) is 10.6 Å². The third-order valence-electron chi connectivity index (χ3n) is 2.72. The molecule has 3 nitrogen and oxygen atoms in total. The highest BCUT2D eigenvalue weighted by molar-refractivity contribution is 14.1. The summed E-state index contributed by atoms with van der Waals surface area (Å²) < 4.78 is 6.58. The van der Waals surface area contributed by atoms with Crippen molar-refractivity contribution in [3.8, 4) is 0 Å². The molecule has 86 valence electrons. The van der Waals surface area contributed by atoms with Crippen LogP contribution in [0, 0.1) is 3.57 Å². The summed E-state index contributed by atoms with van der Waals surface area (Å²) in [5.41, 5.74) is 5.31. The molecule has 0 saturated heterocycles. The molecule has 3 N–H and O–H groups in total. The van der Waals surface area contributed by atoms with Gasteiger partial charge in [0.1, 0.15) is 0 Å². The van der Waals surface area contributed by atoms with Crippen LogP contribution in [0.1, 0.15) is 24.4 Å². The zero-order chi connectivity index (χ0) is 11.4. The van der Waals surface area contributed by atoms with Crippen molar-refractivity contribution in [2.24, 2.45) is 5.84 Å². The van der Waals surface area contributed by atoms with Gasteiger partial charge in [-0.3, -0.25) is 5.84 Å². The van der Waals surface area contributed by atoms with Crippen LogP contribution in [0.5, 0.6) is 0 Å². The van der Waals surface area contributed by atoms with E-state index >= 15 is 0 Å². The highest BCUT2D eigenvalue weighted by atomic mass is 127. The van der Waals surface area contributed by atoms with Gasteiger partial charge < -0.3 is 4.74 Å². The van der Waals surface area contributed by atoms with Gasteiger partial charge >= 0.3 is 0 Å². The number of halogens is 1. The number of hydrazine groups is 1. The second kappa shape index (κ2) is 5.65. The van der Waals surface area contributed by atoms with Crippen LogP contribution in [0.4, 0.5) is 0 Å². The average molecular weight is 330 g/mol. The van der Waals surface area contributed by atoms with Gasteiger partial charge in [-0.1, -0.05) is 18.2 Å². The number of rotatable bonds is 3. The van der Waals surface area contributed by atoms with E-state index < -0.39 is 0 Å². The predicted molar refractivity (Wildman–Crippen MR) is 72.5 cm³/mol. The lowest BCUT2D eigenvalue weighted by atomic mass is 9.96. The van der Waals surface area contributed by atoms with Crippen molar-refractivity contribution >= 4 is 22.6 Å². The number of nitrogens with one attached hydrogen (secondary N) is 1. The first-order chi connectivity index (χ1) is 7.83. The van der Waals surface area contributed by atoms with Crippen LogP contribution < -0.4 is 11.3 Å². The Morgan fingerprint density at radius 2 is 2.19 bits per heavy atom. The fourth-order valence-corrected chi connectivity index (χ4v) is 2.60. The molecule has 0 saturated carbocycles. The van der Waals surface area contributed by atoms with E-state index in [-0.39, 0.29) is 6.04 Å². The van der Waals surface area contributed by atoms with Crippen LogP contribution in [-0.4, -0.2) is 6.61 Å². The molecule has 0 radical (unpaired) electrons. The molecule has 0 fully saturated rings. The summed E-state index contributed by atoms with van der Waals surface area (Å²) in [4.78, 5) is 0. The van der Waals surface area contributed by atoms with Crippen molar-refractivity contribution in [3.05, 3.63) is 45.2 Å². The molecule has 1 aromatic rings. The lowest BCUT2D eigenvalue weighted by Crippen LogP contribution is -2.30. The summed E-state index contributed by atoms with van der Waals surface area (Å²) in [7, 11) is 0. The average Bonchev–Trinajstić information content (AvgIpc) is 2.34. The fraction of sp³-hybridized carbons (Fsp3) is 0.333. The van der Waals surface area contributed by atoms with Crippen molar-refractivity contribution in [1.29, 1.82) is 0 Å². The summed E-state index contributed by atoms with van der Waals surface area (Å²) >= 11 is 2.33. The normalized spacial score (nSPS) is 17.5. The monoisotopic (exact) mass is 330 g/mol. The predicted octanol–water partition coefficient (Wildman–Crippen LogP) is 2.49. The molecular formula is C12H15IN2O. The number of ether oxygens (including phenoxy) is 1. The second-order valence-electron chi connectivity index (χ2n) is 3.79. The molecule has 0 amide bonds. The second-order valence-corrected chi connectivity index (χ2v) is 4.95. The van der Waals surface area contributed by atoms with Gasteiger partial charge in [0.25, 0.3) is 0 Å². The SMILES string of the molecule is NNC(C1=COCCC1)c1ccccc1I. The van der Waals surface area contributed by atoms with Crippen molar-refractivity contribution in [3.63, 3.8) is 0 Å². The summed E-state index contributed by atoms with van der Waals surface area (Å²) in [5, 5.41) is 0. The molecule has 1 atom stereocenters. The van der Waals surface area contributed by atoms with Gasteiger partial charge in [0, 0.05) is 3.57 Å². The summed E-state index contributed by atoms with van der Waals surface area (Å²) in [6, 6.07) is 8.32. The highest BCUT2D eigenvalue weighted by Gasteiger charge is 2.19. The fourth-order valence-electron chi connectivity index (χ4n) is 1.90. The third kappa shape index (κ3) is 2.56. The van der Waals surface area contributed by atoms with Crippen molar-refractivity contribution < 1.29 is 4.74 Å². The van der Waals surface area contributed by atoms with Crippen molar-refractivity contribution in [2.45, 2.75) is 18.9 Å². The van der Waals surface area contributed by atoms with E-state index in [0.717, 1.165) is 19.4 Å². The Balaban J connectivity index is 2.28. The topological polar surface area (TPSA) is 47.3 Å². The smallest absolute Gasteiger partial charge is 0.0876 e. The molecule has 0 bridgehead atoms. The maximum atomic E-state index is 5.65. The van der Waals surface area contributed by atoms with E-state index in [9.17, 15) is 0 Å². The van der Waals surface area contributed by atoms with Gasteiger partial charge in [-0.15, -0.1) is 0 Å². The van der Waals surface area contributed by atoms with Gasteiger partial charge in [0.05, 0.1) is 18.9 Å². The third-order valence-corrected chi connectivity index (χ3v) is 3.70. The minimum absolute atomic E-state index is 0.0633. The number of benzene rings is 1. The van der Waals surface area contributed by atoms with Gasteiger partial charge in [-0.25, -0.2) is 5.43 Å². The van der Waals surface area contributed by atoms with Crippen molar-refractivity contribution in [2.75, 3.05) is 6.61 Å². The Morgan fingerprint density at radius 1 is 1.38 bits per heavy atom. The molecule has 1 unspecified atom stereocenters. The van der Waals surface area contributed by atoms with E-state index in [1.807, 2.05) is 18.4 Å². The van der Waals surface area contributed by atoms with Gasteiger partial charge in [-0.05, 0) is 52.6 Å². The molecular weight excluding hydrogens is 315 g/mol. The summed E-state index contributed by atoms with van der Waals surface area (Å²) in [5.74, 6) is 5.65. The number of nitrogens with two attached hydrogens (primary N) is 1. The Bertz CT molecular complexity index is 392. The molecule has 2 rings (SSSR count). The minimum Gasteiger partial charge on any atom is -0.501 e. The van der Waals surface area contributed by atoms with E-state index in [1.165, 1.54) is 14.7 Å². The summed E-state index contributed by atoms with van der Waals surface area (Å²) in [6.45, 7) is 0.812. The summed E-state index contributed by atoms with van der Waals surface area (Å²) in [6.07, 6.45) is 3.95. The van der Waals surface area contributed by atoms with Crippen LogP contribution in [0.25, 0.3) is 0 Å². The first-order valence-corrected chi connectivity index (χ1v) is 6.42. The van der Waals surface area contributed by atoms with Crippen molar-refractivity contribution in [1.82, 2.24) is 5.43 Å². The maximum Gasteiger partial charge on any atom is 0.0876 e. The minimum atomic E-state index is 0.0633. The van der Waals surface area contributed by atoms with E-state index in [2.05, 4.69) is 40.1 Å².